The molecule has 6 rings (SSSR count). The van der Waals surface area contributed by atoms with Crippen LogP contribution in [0.5, 0.6) is 0 Å². The second-order valence-corrected chi connectivity index (χ2v) is 19.0. The van der Waals surface area contributed by atoms with E-state index in [2.05, 4.69) is 0 Å². The maximum atomic E-state index is 14.3. The molecule has 6 aromatic rings. The molecule has 0 saturated heterocycles. The third kappa shape index (κ3) is 17.2. The van der Waals surface area contributed by atoms with E-state index in [9.17, 15) is 79.1 Å². The molecule has 6 aromatic carbocycles. The third-order valence-electron chi connectivity index (χ3n) is 9.53. The lowest BCUT2D eigenvalue weighted by Crippen LogP contribution is -2.19. The third-order valence-corrected chi connectivity index (χ3v) is 13.3. The minimum atomic E-state index is -4.68. The lowest BCUT2D eigenvalue weighted by Gasteiger charge is -2.22. The normalized spacial score (nSPS) is 13.1. The molecule has 21 heteroatoms. The zero-order valence-corrected chi connectivity index (χ0v) is 37.2. The van der Waals surface area contributed by atoms with Crippen molar-refractivity contribution < 1.29 is 84.2 Å². The first-order valence-electron chi connectivity index (χ1n) is 19.8. The van der Waals surface area contributed by atoms with Crippen molar-refractivity contribution in [2.45, 2.75) is 34.8 Å². The summed E-state index contributed by atoms with van der Waals surface area (Å²) in [4.78, 5) is 20.3. The number of rotatable bonds is 13. The molecule has 2 unspecified atom stereocenters. The SMILES string of the molecule is O=C(O)CS(=O)(=O)Cc1ccc(C(F)(F)F)cc1.O=Cc1ccc(F)cc1.O=S(=O)(C(/C=C/c1ccc(F)cc1)c1ccc(C(F)(F)F)cc1)C(/C=C/c1ccc(F)cc1)c1ccc(C(F)(F)F)cc1. The number of halogens is 12. The molecule has 1 N–H and O–H groups in total. The highest BCUT2D eigenvalue weighted by Gasteiger charge is 2.37. The van der Waals surface area contributed by atoms with Crippen molar-refractivity contribution in [3.63, 3.8) is 0 Å². The zero-order valence-electron chi connectivity index (χ0n) is 35.6. The van der Waals surface area contributed by atoms with E-state index >= 15 is 0 Å². The fraction of sp³-hybridized carbons (Fsp3) is 0.143. The quantitative estimate of drug-likeness (QED) is 0.0903. The van der Waals surface area contributed by atoms with Gasteiger partial charge < -0.3 is 5.11 Å². The minimum absolute atomic E-state index is 0.0431. The molecule has 0 spiro atoms. The van der Waals surface area contributed by atoms with Crippen LogP contribution in [0.1, 0.15) is 65.4 Å². The van der Waals surface area contributed by atoms with E-state index in [1.54, 1.807) is 0 Å². The van der Waals surface area contributed by atoms with E-state index in [1.165, 1.54) is 72.8 Å². The van der Waals surface area contributed by atoms with Gasteiger partial charge in [-0.3, -0.25) is 9.59 Å². The van der Waals surface area contributed by atoms with Crippen LogP contribution < -0.4 is 0 Å². The zero-order chi connectivity index (χ0) is 52.1. The standard InChI is InChI=1S/C32H22F8O2S.C10H9F3O4S.C7H5FO/c33-27-15-1-21(2-16-27)5-19-29(23-7-11-25(12-8-23)31(35,36)37)43(41,42)30(20-6-22-3-17-28(34)18-4-22)24-9-13-26(14-10-24)32(38,39)40;11-10(12,13)8-3-1-7(2-4-8)5-18(16,17)6-9(14)15;8-7-3-1-6(5-9)2-4-7/h1-20,29-30H;1-4H,5-6H2,(H,14,15);1-5H/b19-5+,20-6+;;. The largest absolute Gasteiger partial charge is 0.480 e. The van der Waals surface area contributed by atoms with E-state index < -0.39 is 94.5 Å². The second-order valence-electron chi connectivity index (χ2n) is 14.8. The van der Waals surface area contributed by atoms with Crippen molar-refractivity contribution in [1.29, 1.82) is 0 Å². The lowest BCUT2D eigenvalue weighted by molar-refractivity contribution is -0.138. The first kappa shape index (κ1) is 55.6. The number of carbonyl (C=O) groups is 2. The molecule has 0 radical (unpaired) electrons. The van der Waals surface area contributed by atoms with Crippen LogP contribution in [0.4, 0.5) is 52.7 Å². The van der Waals surface area contributed by atoms with Crippen molar-refractivity contribution in [2.24, 2.45) is 0 Å². The Labute approximate surface area is 392 Å². The summed E-state index contributed by atoms with van der Waals surface area (Å²) in [6.07, 6.45) is -8.03. The Morgan fingerprint density at radius 3 is 1.06 bits per heavy atom. The summed E-state index contributed by atoms with van der Waals surface area (Å²) < 4.78 is 206. The average Bonchev–Trinajstić information content (AvgIpc) is 3.27. The van der Waals surface area contributed by atoms with Gasteiger partial charge in [-0.1, -0.05) is 85.0 Å². The van der Waals surface area contributed by atoms with Crippen molar-refractivity contribution in [3.05, 3.63) is 225 Å². The summed E-state index contributed by atoms with van der Waals surface area (Å²) in [6.45, 7) is 0. The first-order valence-corrected chi connectivity index (χ1v) is 23.2. The topological polar surface area (TPSA) is 123 Å². The maximum absolute atomic E-state index is 14.3. The van der Waals surface area contributed by atoms with E-state index in [0.29, 0.717) is 23.0 Å². The number of hydrogen-bond acceptors (Lipinski definition) is 6. The van der Waals surface area contributed by atoms with Gasteiger partial charge in [-0.25, -0.2) is 30.0 Å². The first-order chi connectivity index (χ1) is 32.6. The number of sulfone groups is 2. The Kier molecular flexibility index (Phi) is 18.7. The maximum Gasteiger partial charge on any atom is 0.416 e. The Hall–Kier alpha value is -7.00. The highest BCUT2D eigenvalue weighted by Crippen LogP contribution is 2.40. The van der Waals surface area contributed by atoms with Crippen LogP contribution in [0.25, 0.3) is 12.2 Å². The van der Waals surface area contributed by atoms with E-state index in [1.807, 2.05) is 0 Å². The van der Waals surface area contributed by atoms with Gasteiger partial charge in [0.1, 0.15) is 40.0 Å². The van der Waals surface area contributed by atoms with Crippen molar-refractivity contribution in [2.75, 3.05) is 5.75 Å². The minimum Gasteiger partial charge on any atom is -0.480 e. The molecule has 0 aromatic heterocycles. The number of benzene rings is 6. The Bertz CT molecular complexity index is 2830. The lowest BCUT2D eigenvalue weighted by atomic mass is 10.1. The smallest absolute Gasteiger partial charge is 0.416 e. The van der Waals surface area contributed by atoms with Crippen LogP contribution >= 0.6 is 0 Å². The fourth-order valence-corrected chi connectivity index (χ4v) is 9.23. The summed E-state index contributed by atoms with van der Waals surface area (Å²) in [6, 6.07) is 25.9. The van der Waals surface area contributed by atoms with Crippen LogP contribution in [0.15, 0.2) is 158 Å². The highest BCUT2D eigenvalue weighted by atomic mass is 32.2. The van der Waals surface area contributed by atoms with Gasteiger partial charge in [0.2, 0.25) is 0 Å². The molecule has 370 valence electrons. The fourth-order valence-electron chi connectivity index (χ4n) is 6.07. The molecule has 0 saturated carbocycles. The summed E-state index contributed by atoms with van der Waals surface area (Å²) in [5.74, 6) is -4.55. The van der Waals surface area contributed by atoms with Crippen LogP contribution in [0.2, 0.25) is 0 Å². The number of carboxylic acid groups (broad SMARTS) is 1. The number of alkyl halides is 9. The number of aliphatic carboxylic acids is 1. The number of carbonyl (C=O) groups excluding carboxylic acids is 1. The van der Waals surface area contributed by atoms with Crippen LogP contribution in [0, 0.1) is 17.5 Å². The summed E-state index contributed by atoms with van der Waals surface area (Å²) in [7, 11) is -8.37. The molecule has 70 heavy (non-hydrogen) atoms. The van der Waals surface area contributed by atoms with Gasteiger partial charge in [-0.2, -0.15) is 39.5 Å². The van der Waals surface area contributed by atoms with Gasteiger partial charge in [0.15, 0.2) is 19.7 Å². The molecular formula is C49H36F12O7S2. The predicted octanol–water partition coefficient (Wildman–Crippen LogP) is 13.0. The molecule has 0 aliphatic rings. The predicted molar refractivity (Wildman–Crippen MR) is 237 cm³/mol. The van der Waals surface area contributed by atoms with Crippen molar-refractivity contribution in [1.82, 2.24) is 0 Å². The van der Waals surface area contributed by atoms with Gasteiger partial charge in [0.05, 0.1) is 22.4 Å². The number of hydrogen-bond donors (Lipinski definition) is 1. The molecule has 0 heterocycles. The Morgan fingerprint density at radius 2 is 0.771 bits per heavy atom. The molecular weight excluding hydrogens is 993 g/mol. The van der Waals surface area contributed by atoms with Crippen LogP contribution in [-0.4, -0.2) is 40.0 Å². The number of carboxylic acids is 1. The number of aldehydes is 1. The second kappa shape index (κ2) is 23.5. The van der Waals surface area contributed by atoms with Gasteiger partial charge in [0.25, 0.3) is 0 Å². The Balaban J connectivity index is 0.000000321. The molecule has 0 aliphatic carbocycles. The average molecular weight is 1030 g/mol. The van der Waals surface area contributed by atoms with Gasteiger partial charge in [-0.05, 0) is 113 Å². The molecule has 7 nitrogen and oxygen atoms in total. The molecule has 0 aliphatic heterocycles. The van der Waals surface area contributed by atoms with Gasteiger partial charge >= 0.3 is 24.5 Å². The van der Waals surface area contributed by atoms with Gasteiger partial charge in [0, 0.05) is 5.56 Å². The van der Waals surface area contributed by atoms with E-state index in [0.717, 1.165) is 97.1 Å². The molecule has 0 amide bonds. The van der Waals surface area contributed by atoms with E-state index in [-0.39, 0.29) is 22.5 Å². The van der Waals surface area contributed by atoms with E-state index in [4.69, 9.17) is 5.11 Å². The van der Waals surface area contributed by atoms with Crippen molar-refractivity contribution >= 4 is 44.1 Å². The molecule has 0 fully saturated rings. The molecule has 2 atom stereocenters. The Morgan fingerprint density at radius 1 is 0.471 bits per heavy atom. The van der Waals surface area contributed by atoms with Crippen molar-refractivity contribution in [3.8, 4) is 0 Å². The summed E-state index contributed by atoms with van der Waals surface area (Å²) in [5.41, 5.74) is -1.60. The highest BCUT2D eigenvalue weighted by molar-refractivity contribution is 7.92. The monoisotopic (exact) mass is 1030 g/mol. The summed E-state index contributed by atoms with van der Waals surface area (Å²) in [5, 5.41) is 5.19. The van der Waals surface area contributed by atoms with Gasteiger partial charge in [-0.15, -0.1) is 0 Å². The van der Waals surface area contributed by atoms with Crippen LogP contribution in [0.3, 0.4) is 0 Å². The molecule has 0 bridgehead atoms. The summed E-state index contributed by atoms with van der Waals surface area (Å²) >= 11 is 0. The van der Waals surface area contributed by atoms with Crippen LogP contribution in [-0.2, 0) is 48.8 Å².